The number of benzene rings is 1. The Kier molecular flexibility index (Phi) is 3.82. The second kappa shape index (κ2) is 5.54. The summed E-state index contributed by atoms with van der Waals surface area (Å²) in [6.07, 6.45) is 3.44. The standard InChI is InChI=1S/C15H16O3/c1-2-3-4-11-5-7-12(8-6-11)13-9-10-14(18-13)15(16)17/h5-10H,2-4H2,1H3,(H,16,17). The Balaban J connectivity index is 2.15. The summed E-state index contributed by atoms with van der Waals surface area (Å²) in [6.45, 7) is 2.17. The molecule has 0 bridgehead atoms. The number of aryl methyl sites for hydroxylation is 1. The number of hydrogen-bond acceptors (Lipinski definition) is 2. The fraction of sp³-hybridized carbons (Fsp3) is 0.267. The van der Waals surface area contributed by atoms with Crippen molar-refractivity contribution in [3.8, 4) is 11.3 Å². The van der Waals surface area contributed by atoms with E-state index in [4.69, 9.17) is 9.52 Å². The molecule has 94 valence electrons. The molecule has 1 aromatic heterocycles. The zero-order chi connectivity index (χ0) is 13.0. The van der Waals surface area contributed by atoms with Crippen LogP contribution in [0.4, 0.5) is 0 Å². The van der Waals surface area contributed by atoms with Gasteiger partial charge in [-0.2, -0.15) is 0 Å². The van der Waals surface area contributed by atoms with Crippen LogP contribution in [-0.2, 0) is 6.42 Å². The van der Waals surface area contributed by atoms with Crippen LogP contribution in [-0.4, -0.2) is 11.1 Å². The van der Waals surface area contributed by atoms with E-state index in [0.717, 1.165) is 12.0 Å². The molecule has 0 saturated carbocycles. The third-order valence-electron chi connectivity index (χ3n) is 2.87. The number of carboxylic acid groups (broad SMARTS) is 1. The smallest absolute Gasteiger partial charge is 0.371 e. The molecule has 0 aliphatic carbocycles. The van der Waals surface area contributed by atoms with Gasteiger partial charge in [0, 0.05) is 5.56 Å². The molecule has 0 radical (unpaired) electrons. The van der Waals surface area contributed by atoms with Gasteiger partial charge < -0.3 is 9.52 Å². The maximum absolute atomic E-state index is 10.7. The highest BCUT2D eigenvalue weighted by molar-refractivity contribution is 5.85. The van der Waals surface area contributed by atoms with Crippen LogP contribution in [0.2, 0.25) is 0 Å². The minimum absolute atomic E-state index is 0.0277. The molecule has 0 saturated heterocycles. The van der Waals surface area contributed by atoms with Crippen molar-refractivity contribution < 1.29 is 14.3 Å². The van der Waals surface area contributed by atoms with Gasteiger partial charge >= 0.3 is 5.97 Å². The van der Waals surface area contributed by atoms with E-state index in [2.05, 4.69) is 19.1 Å². The van der Waals surface area contributed by atoms with Gasteiger partial charge in [0.15, 0.2) is 0 Å². The van der Waals surface area contributed by atoms with Crippen molar-refractivity contribution in [1.29, 1.82) is 0 Å². The molecule has 0 unspecified atom stereocenters. The quantitative estimate of drug-likeness (QED) is 0.865. The predicted octanol–water partition coefficient (Wildman–Crippen LogP) is 3.99. The second-order valence-corrected chi connectivity index (χ2v) is 4.27. The first-order valence-electron chi connectivity index (χ1n) is 6.13. The lowest BCUT2D eigenvalue weighted by Crippen LogP contribution is -1.91. The molecule has 3 heteroatoms. The van der Waals surface area contributed by atoms with E-state index in [9.17, 15) is 4.79 Å². The lowest BCUT2D eigenvalue weighted by molar-refractivity contribution is 0.0663. The molecule has 0 atom stereocenters. The monoisotopic (exact) mass is 244 g/mol. The lowest BCUT2D eigenvalue weighted by Gasteiger charge is -2.01. The number of carbonyl (C=O) groups is 1. The normalized spacial score (nSPS) is 10.5. The average Bonchev–Trinajstić information content (AvgIpc) is 2.87. The molecule has 0 aliphatic heterocycles. The molecular formula is C15H16O3. The van der Waals surface area contributed by atoms with Crippen LogP contribution in [0.5, 0.6) is 0 Å². The number of aromatic carboxylic acids is 1. The summed E-state index contributed by atoms with van der Waals surface area (Å²) in [6, 6.07) is 11.2. The number of hydrogen-bond donors (Lipinski definition) is 1. The van der Waals surface area contributed by atoms with Gasteiger partial charge in [-0.3, -0.25) is 0 Å². The maximum Gasteiger partial charge on any atom is 0.371 e. The minimum Gasteiger partial charge on any atom is -0.475 e. The maximum atomic E-state index is 10.7. The molecule has 0 aliphatic rings. The predicted molar refractivity (Wildman–Crippen MR) is 69.7 cm³/mol. The Hall–Kier alpha value is -2.03. The van der Waals surface area contributed by atoms with Gasteiger partial charge in [0.1, 0.15) is 5.76 Å². The fourth-order valence-corrected chi connectivity index (χ4v) is 1.82. The minimum atomic E-state index is -1.04. The second-order valence-electron chi connectivity index (χ2n) is 4.27. The third kappa shape index (κ3) is 2.80. The van der Waals surface area contributed by atoms with Crippen LogP contribution >= 0.6 is 0 Å². The third-order valence-corrected chi connectivity index (χ3v) is 2.87. The van der Waals surface area contributed by atoms with Crippen LogP contribution in [0.15, 0.2) is 40.8 Å². The van der Waals surface area contributed by atoms with Crippen molar-refractivity contribution in [2.75, 3.05) is 0 Å². The van der Waals surface area contributed by atoms with Crippen LogP contribution in [0.1, 0.15) is 35.9 Å². The number of carboxylic acids is 1. The summed E-state index contributed by atoms with van der Waals surface area (Å²) >= 11 is 0. The van der Waals surface area contributed by atoms with Gasteiger partial charge in [-0.25, -0.2) is 4.79 Å². The van der Waals surface area contributed by atoms with E-state index in [1.54, 1.807) is 6.07 Å². The van der Waals surface area contributed by atoms with Crippen molar-refractivity contribution in [3.63, 3.8) is 0 Å². The highest BCUT2D eigenvalue weighted by Gasteiger charge is 2.09. The van der Waals surface area contributed by atoms with Crippen LogP contribution in [0, 0.1) is 0 Å². The van der Waals surface area contributed by atoms with Gasteiger partial charge in [-0.05, 0) is 30.5 Å². The van der Waals surface area contributed by atoms with E-state index in [1.807, 2.05) is 12.1 Å². The molecule has 2 aromatic rings. The summed E-state index contributed by atoms with van der Waals surface area (Å²) in [7, 11) is 0. The van der Waals surface area contributed by atoms with Crippen molar-refractivity contribution >= 4 is 5.97 Å². The zero-order valence-electron chi connectivity index (χ0n) is 10.3. The lowest BCUT2D eigenvalue weighted by atomic mass is 10.1. The first-order chi connectivity index (χ1) is 8.70. The molecule has 0 amide bonds. The van der Waals surface area contributed by atoms with Gasteiger partial charge in [0.2, 0.25) is 5.76 Å². The van der Waals surface area contributed by atoms with E-state index >= 15 is 0 Å². The van der Waals surface area contributed by atoms with Crippen molar-refractivity contribution in [3.05, 3.63) is 47.7 Å². The number of rotatable bonds is 5. The van der Waals surface area contributed by atoms with E-state index in [-0.39, 0.29) is 5.76 Å². The Morgan fingerprint density at radius 1 is 1.17 bits per heavy atom. The molecule has 0 fully saturated rings. The van der Waals surface area contributed by atoms with Gasteiger partial charge in [-0.1, -0.05) is 37.6 Å². The molecule has 0 spiro atoms. The highest BCUT2D eigenvalue weighted by Crippen LogP contribution is 2.23. The van der Waals surface area contributed by atoms with Crippen LogP contribution in [0.3, 0.4) is 0 Å². The van der Waals surface area contributed by atoms with Crippen molar-refractivity contribution in [1.82, 2.24) is 0 Å². The molecule has 1 aromatic carbocycles. The first kappa shape index (κ1) is 12.4. The van der Waals surface area contributed by atoms with Crippen molar-refractivity contribution in [2.24, 2.45) is 0 Å². The Morgan fingerprint density at radius 3 is 2.44 bits per heavy atom. The molecule has 1 N–H and O–H groups in total. The fourth-order valence-electron chi connectivity index (χ4n) is 1.82. The molecule has 2 rings (SSSR count). The number of furan rings is 1. The Labute approximate surface area is 106 Å². The van der Waals surface area contributed by atoms with Crippen LogP contribution in [0.25, 0.3) is 11.3 Å². The van der Waals surface area contributed by atoms with E-state index in [0.29, 0.717) is 5.76 Å². The molecule has 18 heavy (non-hydrogen) atoms. The highest BCUT2D eigenvalue weighted by atomic mass is 16.4. The average molecular weight is 244 g/mol. The zero-order valence-corrected chi connectivity index (χ0v) is 10.3. The van der Waals surface area contributed by atoms with Gasteiger partial charge in [0.25, 0.3) is 0 Å². The van der Waals surface area contributed by atoms with Gasteiger partial charge in [0.05, 0.1) is 0 Å². The largest absolute Gasteiger partial charge is 0.475 e. The SMILES string of the molecule is CCCCc1ccc(-c2ccc(C(=O)O)o2)cc1. The topological polar surface area (TPSA) is 50.4 Å². The van der Waals surface area contributed by atoms with Crippen molar-refractivity contribution in [2.45, 2.75) is 26.2 Å². The van der Waals surface area contributed by atoms with E-state index < -0.39 is 5.97 Å². The summed E-state index contributed by atoms with van der Waals surface area (Å²) in [5, 5.41) is 8.79. The summed E-state index contributed by atoms with van der Waals surface area (Å²) < 4.78 is 5.25. The Bertz CT molecular complexity index is 523. The summed E-state index contributed by atoms with van der Waals surface area (Å²) in [5.74, 6) is -0.477. The number of unbranched alkanes of at least 4 members (excludes halogenated alkanes) is 1. The molecule has 1 heterocycles. The van der Waals surface area contributed by atoms with Gasteiger partial charge in [-0.15, -0.1) is 0 Å². The molecule has 3 nitrogen and oxygen atoms in total. The molecular weight excluding hydrogens is 228 g/mol. The first-order valence-corrected chi connectivity index (χ1v) is 6.13. The van der Waals surface area contributed by atoms with Crippen LogP contribution < -0.4 is 0 Å². The van der Waals surface area contributed by atoms with E-state index in [1.165, 1.54) is 24.5 Å². The Morgan fingerprint density at radius 2 is 1.89 bits per heavy atom. The summed E-state index contributed by atoms with van der Waals surface area (Å²) in [4.78, 5) is 10.7. The summed E-state index contributed by atoms with van der Waals surface area (Å²) in [5.41, 5.74) is 2.20.